The molecule has 128 valence electrons. The number of nitriles is 1. The molecule has 0 unspecified atom stereocenters. The van der Waals surface area contributed by atoms with E-state index in [1.807, 2.05) is 12.1 Å². The largest absolute Gasteiger partial charge is 0.497 e. The molecule has 2 aromatic rings. The van der Waals surface area contributed by atoms with E-state index in [9.17, 15) is 10.1 Å². The van der Waals surface area contributed by atoms with E-state index in [1.165, 1.54) is 7.11 Å². The maximum Gasteiger partial charge on any atom is 0.311 e. The number of methoxy groups -OCH3 is 2. The number of nitrogens with one attached hydrogen (secondary N) is 1. The Balaban J connectivity index is 2.13. The summed E-state index contributed by atoms with van der Waals surface area (Å²) in [5, 5.41) is 16.4. The highest BCUT2D eigenvalue weighted by atomic mass is 16.5. The fraction of sp³-hybridized carbons (Fsp3) is 0.235. The lowest BCUT2D eigenvalue weighted by Gasteiger charge is -2.24. The number of benzene rings is 1. The van der Waals surface area contributed by atoms with Crippen molar-refractivity contribution in [3.8, 4) is 17.7 Å². The van der Waals surface area contributed by atoms with Crippen LogP contribution in [0.5, 0.6) is 11.6 Å². The molecular weight excluding hydrogens is 324 g/mol. The molecule has 1 aromatic carbocycles. The maximum absolute atomic E-state index is 11.7. The van der Waals surface area contributed by atoms with Crippen LogP contribution in [0.4, 0.5) is 0 Å². The number of rotatable bonds is 4. The van der Waals surface area contributed by atoms with Crippen molar-refractivity contribution >= 4 is 5.97 Å². The molecule has 1 aromatic heterocycles. The second-order valence-electron chi connectivity index (χ2n) is 5.37. The second kappa shape index (κ2) is 6.57. The van der Waals surface area contributed by atoms with Gasteiger partial charge in [0.25, 0.3) is 0 Å². The number of hydrogen-bond acceptors (Lipinski definition) is 7. The molecule has 1 atom stereocenters. The first-order chi connectivity index (χ1) is 12.1. The van der Waals surface area contributed by atoms with Crippen molar-refractivity contribution in [1.29, 1.82) is 5.26 Å². The fourth-order valence-electron chi connectivity index (χ4n) is 2.79. The van der Waals surface area contributed by atoms with Crippen LogP contribution in [0.1, 0.15) is 22.7 Å². The number of carbonyl (C=O) groups excluding carboxylic acids is 1. The monoisotopic (exact) mass is 340 g/mol. The fourth-order valence-corrected chi connectivity index (χ4v) is 2.79. The molecule has 3 rings (SSSR count). The zero-order valence-corrected chi connectivity index (χ0v) is 13.7. The van der Waals surface area contributed by atoms with Gasteiger partial charge in [-0.25, -0.2) is 0 Å². The Hall–Kier alpha value is -3.47. The topological polar surface area (TPSA) is 123 Å². The molecule has 0 amide bonds. The molecule has 0 saturated carbocycles. The molecule has 8 nitrogen and oxygen atoms in total. The first-order valence-corrected chi connectivity index (χ1v) is 7.44. The van der Waals surface area contributed by atoms with Crippen molar-refractivity contribution in [2.45, 2.75) is 12.3 Å². The predicted molar refractivity (Wildman–Crippen MR) is 86.6 cm³/mol. The minimum Gasteiger partial charge on any atom is -0.497 e. The van der Waals surface area contributed by atoms with Crippen LogP contribution in [-0.4, -0.2) is 30.4 Å². The maximum atomic E-state index is 11.7. The summed E-state index contributed by atoms with van der Waals surface area (Å²) in [7, 11) is 2.88. The molecule has 0 aliphatic carbocycles. The molecule has 3 N–H and O–H groups in total. The summed E-state index contributed by atoms with van der Waals surface area (Å²) in [6.45, 7) is 0. The Morgan fingerprint density at radius 3 is 2.72 bits per heavy atom. The molecule has 2 heterocycles. The zero-order chi connectivity index (χ0) is 18.0. The van der Waals surface area contributed by atoms with E-state index in [0.717, 1.165) is 5.56 Å². The smallest absolute Gasteiger partial charge is 0.311 e. The van der Waals surface area contributed by atoms with Gasteiger partial charge in [0, 0.05) is 0 Å². The first kappa shape index (κ1) is 16.4. The summed E-state index contributed by atoms with van der Waals surface area (Å²) in [5.41, 5.74) is 8.06. The van der Waals surface area contributed by atoms with E-state index < -0.39 is 11.9 Å². The summed E-state index contributed by atoms with van der Waals surface area (Å²) in [6, 6.07) is 9.33. The molecular formula is C17H16N4O4. The van der Waals surface area contributed by atoms with E-state index in [1.54, 1.807) is 19.2 Å². The number of aromatic amines is 1. The molecule has 1 aliphatic heterocycles. The standard InChI is InChI=1S/C17H16N4O4/c1-23-10-5-3-9(4-6-10)14-11(8-18)16(19)25-17-15(14)12(20-21-17)7-13(22)24-2/h3-6,14H,7,19H2,1-2H3,(H,20,21)/t14-/m1/s1. The highest BCUT2D eigenvalue weighted by Crippen LogP contribution is 2.43. The van der Waals surface area contributed by atoms with Gasteiger partial charge in [0.15, 0.2) is 0 Å². The van der Waals surface area contributed by atoms with Gasteiger partial charge in [0.1, 0.15) is 17.4 Å². The Bertz CT molecular complexity index is 877. The SMILES string of the molecule is COC(=O)Cc1[nH]nc2c1[C@H](c1ccc(OC)cc1)C(C#N)=C(N)O2. The number of nitrogens with zero attached hydrogens (tertiary/aromatic N) is 2. The minimum atomic E-state index is -0.502. The third kappa shape index (κ3) is 2.87. The van der Waals surface area contributed by atoms with Gasteiger partial charge in [-0.3, -0.25) is 9.89 Å². The lowest BCUT2D eigenvalue weighted by atomic mass is 9.83. The number of aromatic nitrogens is 2. The van der Waals surface area contributed by atoms with Crippen molar-refractivity contribution < 1.29 is 19.0 Å². The number of allylic oxidation sites excluding steroid dienone is 1. The van der Waals surface area contributed by atoms with Gasteiger partial charge >= 0.3 is 5.97 Å². The van der Waals surface area contributed by atoms with Crippen LogP contribution < -0.4 is 15.2 Å². The van der Waals surface area contributed by atoms with E-state index in [4.69, 9.17) is 19.9 Å². The Morgan fingerprint density at radius 1 is 1.40 bits per heavy atom. The van der Waals surface area contributed by atoms with Crippen molar-refractivity contribution in [2.24, 2.45) is 5.73 Å². The van der Waals surface area contributed by atoms with Crippen molar-refractivity contribution in [2.75, 3.05) is 14.2 Å². The molecule has 0 fully saturated rings. The van der Waals surface area contributed by atoms with E-state index >= 15 is 0 Å². The molecule has 0 radical (unpaired) electrons. The molecule has 1 aliphatic rings. The van der Waals surface area contributed by atoms with Gasteiger partial charge < -0.3 is 19.9 Å². The van der Waals surface area contributed by atoms with E-state index in [0.29, 0.717) is 17.0 Å². The summed E-state index contributed by atoms with van der Waals surface area (Å²) >= 11 is 0. The Kier molecular flexibility index (Phi) is 4.31. The number of esters is 1. The van der Waals surface area contributed by atoms with Gasteiger partial charge in [0.05, 0.1) is 37.8 Å². The number of hydrogen-bond donors (Lipinski definition) is 2. The van der Waals surface area contributed by atoms with Crippen LogP contribution in [0.25, 0.3) is 0 Å². The predicted octanol–water partition coefficient (Wildman–Crippen LogP) is 1.35. The van der Waals surface area contributed by atoms with Crippen molar-refractivity contribution in [3.05, 3.63) is 52.5 Å². The first-order valence-electron chi connectivity index (χ1n) is 7.44. The third-order valence-corrected chi connectivity index (χ3v) is 4.02. The number of H-pyrrole nitrogens is 1. The lowest BCUT2D eigenvalue weighted by Crippen LogP contribution is -2.21. The summed E-state index contributed by atoms with van der Waals surface area (Å²) in [4.78, 5) is 11.7. The molecule has 0 saturated heterocycles. The van der Waals surface area contributed by atoms with E-state index in [-0.39, 0.29) is 23.8 Å². The highest BCUT2D eigenvalue weighted by Gasteiger charge is 2.35. The zero-order valence-electron chi connectivity index (χ0n) is 13.7. The minimum absolute atomic E-state index is 0.00747. The summed E-state index contributed by atoms with van der Waals surface area (Å²) in [5.74, 6) is -0.00403. The van der Waals surface area contributed by atoms with Gasteiger partial charge in [-0.15, -0.1) is 5.10 Å². The van der Waals surface area contributed by atoms with Gasteiger partial charge in [-0.2, -0.15) is 5.26 Å². The van der Waals surface area contributed by atoms with Gasteiger partial charge in [-0.1, -0.05) is 12.1 Å². The van der Waals surface area contributed by atoms with Crippen molar-refractivity contribution in [3.63, 3.8) is 0 Å². The van der Waals surface area contributed by atoms with E-state index in [2.05, 4.69) is 16.3 Å². The van der Waals surface area contributed by atoms with Crippen LogP contribution in [0, 0.1) is 11.3 Å². The third-order valence-electron chi connectivity index (χ3n) is 4.02. The Morgan fingerprint density at radius 2 is 2.12 bits per heavy atom. The number of carbonyl (C=O) groups is 1. The second-order valence-corrected chi connectivity index (χ2v) is 5.37. The summed E-state index contributed by atoms with van der Waals surface area (Å²) in [6.07, 6.45) is -0.0204. The highest BCUT2D eigenvalue weighted by molar-refractivity contribution is 5.73. The molecule has 25 heavy (non-hydrogen) atoms. The number of fused-ring (bicyclic) bond motifs is 1. The average Bonchev–Trinajstić information content (AvgIpc) is 3.02. The quantitative estimate of drug-likeness (QED) is 0.805. The molecule has 0 bridgehead atoms. The van der Waals surface area contributed by atoms with Crippen molar-refractivity contribution in [1.82, 2.24) is 10.2 Å². The number of ether oxygens (including phenoxy) is 3. The Labute approximate surface area is 143 Å². The normalized spacial score (nSPS) is 15.8. The van der Waals surface area contributed by atoms with Crippen LogP contribution in [0.3, 0.4) is 0 Å². The number of nitrogens with two attached hydrogens (primary N) is 1. The van der Waals surface area contributed by atoms with Crippen LogP contribution in [0.15, 0.2) is 35.7 Å². The van der Waals surface area contributed by atoms with Gasteiger partial charge in [-0.05, 0) is 17.7 Å². The van der Waals surface area contributed by atoms with Gasteiger partial charge in [0.2, 0.25) is 11.8 Å². The molecule has 0 spiro atoms. The summed E-state index contributed by atoms with van der Waals surface area (Å²) < 4.78 is 15.3. The molecule has 8 heteroatoms. The van der Waals surface area contributed by atoms with Crippen LogP contribution in [-0.2, 0) is 16.0 Å². The van der Waals surface area contributed by atoms with Crippen LogP contribution >= 0.6 is 0 Å². The van der Waals surface area contributed by atoms with Crippen LogP contribution in [0.2, 0.25) is 0 Å². The average molecular weight is 340 g/mol. The lowest BCUT2D eigenvalue weighted by molar-refractivity contribution is -0.139.